The van der Waals surface area contributed by atoms with Crippen LogP contribution in [0.3, 0.4) is 0 Å². The Hall–Kier alpha value is -4.00. The number of hydrogen-bond acceptors (Lipinski definition) is 4. The molecule has 0 spiro atoms. The fourth-order valence-corrected chi connectivity index (χ4v) is 5.29. The highest BCUT2D eigenvalue weighted by atomic mass is 16.2. The highest BCUT2D eigenvalue weighted by molar-refractivity contribution is 5.98. The maximum absolute atomic E-state index is 13.3. The number of piperidine rings is 1. The van der Waals surface area contributed by atoms with Crippen molar-refractivity contribution >= 4 is 28.5 Å². The molecule has 6 rings (SSSR count). The Morgan fingerprint density at radius 1 is 0.886 bits per heavy atom. The number of aryl methyl sites for hydroxylation is 1. The molecule has 2 aromatic carbocycles. The van der Waals surface area contributed by atoms with Gasteiger partial charge in [-0.1, -0.05) is 36.4 Å². The van der Waals surface area contributed by atoms with Crippen LogP contribution in [0.25, 0.3) is 16.7 Å². The van der Waals surface area contributed by atoms with E-state index in [-0.39, 0.29) is 17.7 Å². The molecule has 0 bridgehead atoms. The maximum Gasteiger partial charge on any atom is 0.272 e. The molecule has 1 fully saturated rings. The van der Waals surface area contributed by atoms with Gasteiger partial charge in [0.1, 0.15) is 5.69 Å². The number of rotatable bonds is 3. The summed E-state index contributed by atoms with van der Waals surface area (Å²) < 4.78 is 1.79. The van der Waals surface area contributed by atoms with Crippen LogP contribution >= 0.6 is 0 Å². The SMILES string of the molecule is Cc1nn(-c2ccccc2)c2nc(C(=O)N3CCC(C(=O)N4CCc5ccccc54)CC3)ccc12. The van der Waals surface area contributed by atoms with E-state index < -0.39 is 0 Å². The molecule has 0 unspecified atom stereocenters. The Balaban J connectivity index is 1.18. The molecular weight excluding hydrogens is 438 g/mol. The number of hydrogen-bond donors (Lipinski definition) is 0. The average Bonchev–Trinajstić information content (AvgIpc) is 3.49. The van der Waals surface area contributed by atoms with E-state index in [1.165, 1.54) is 5.56 Å². The van der Waals surface area contributed by atoms with Gasteiger partial charge in [0.05, 0.1) is 11.4 Å². The quantitative estimate of drug-likeness (QED) is 0.455. The van der Waals surface area contributed by atoms with Gasteiger partial charge >= 0.3 is 0 Å². The molecule has 0 aliphatic carbocycles. The first kappa shape index (κ1) is 21.5. The summed E-state index contributed by atoms with van der Waals surface area (Å²) in [5.74, 6) is 0.0365. The van der Waals surface area contributed by atoms with E-state index in [9.17, 15) is 9.59 Å². The van der Waals surface area contributed by atoms with Crippen molar-refractivity contribution in [3.63, 3.8) is 0 Å². The third-order valence-corrected chi connectivity index (χ3v) is 7.22. The van der Waals surface area contributed by atoms with Crippen molar-refractivity contribution in [2.24, 2.45) is 5.92 Å². The third-order valence-electron chi connectivity index (χ3n) is 7.22. The minimum Gasteiger partial charge on any atom is -0.337 e. The first-order chi connectivity index (χ1) is 17.1. The fourth-order valence-electron chi connectivity index (χ4n) is 5.29. The molecule has 0 radical (unpaired) electrons. The van der Waals surface area contributed by atoms with Gasteiger partial charge < -0.3 is 9.80 Å². The van der Waals surface area contributed by atoms with Crippen molar-refractivity contribution in [3.05, 3.63) is 83.7 Å². The first-order valence-electron chi connectivity index (χ1n) is 12.2. The summed E-state index contributed by atoms with van der Waals surface area (Å²) in [6.07, 6.45) is 2.26. The zero-order valence-corrected chi connectivity index (χ0v) is 19.7. The first-order valence-corrected chi connectivity index (χ1v) is 12.2. The predicted octanol–water partition coefficient (Wildman–Crippen LogP) is 4.17. The molecular formula is C28H27N5O2. The Morgan fingerprint density at radius 3 is 2.43 bits per heavy atom. The number of carbonyl (C=O) groups excluding carboxylic acids is 2. The van der Waals surface area contributed by atoms with Crippen molar-refractivity contribution in [1.82, 2.24) is 19.7 Å². The lowest BCUT2D eigenvalue weighted by Gasteiger charge is -2.33. The fraction of sp³-hybridized carbons (Fsp3) is 0.286. The second kappa shape index (κ2) is 8.65. The molecule has 2 aliphatic heterocycles. The molecule has 176 valence electrons. The molecule has 1 saturated heterocycles. The molecule has 35 heavy (non-hydrogen) atoms. The maximum atomic E-state index is 13.3. The van der Waals surface area contributed by atoms with Crippen LogP contribution in [-0.2, 0) is 11.2 Å². The van der Waals surface area contributed by atoms with E-state index in [1.807, 2.05) is 71.3 Å². The van der Waals surface area contributed by atoms with Gasteiger partial charge in [0.2, 0.25) is 5.91 Å². The van der Waals surface area contributed by atoms with E-state index in [0.29, 0.717) is 37.3 Å². The van der Waals surface area contributed by atoms with E-state index in [2.05, 4.69) is 11.2 Å². The number of pyridine rings is 1. The van der Waals surface area contributed by atoms with Crippen LogP contribution in [0.2, 0.25) is 0 Å². The smallest absolute Gasteiger partial charge is 0.272 e. The number of carbonyl (C=O) groups is 2. The van der Waals surface area contributed by atoms with Crippen LogP contribution in [-0.4, -0.2) is 51.1 Å². The third kappa shape index (κ3) is 3.77. The van der Waals surface area contributed by atoms with Gasteiger partial charge in [-0.05, 0) is 62.1 Å². The minimum atomic E-state index is -0.0946. The lowest BCUT2D eigenvalue weighted by molar-refractivity contribution is -0.123. The molecule has 0 atom stereocenters. The number of fused-ring (bicyclic) bond motifs is 2. The van der Waals surface area contributed by atoms with Gasteiger partial charge in [0, 0.05) is 36.6 Å². The summed E-state index contributed by atoms with van der Waals surface area (Å²) in [6.45, 7) is 3.81. The predicted molar refractivity (Wildman–Crippen MR) is 135 cm³/mol. The van der Waals surface area contributed by atoms with Crippen LogP contribution < -0.4 is 4.90 Å². The number of benzene rings is 2. The van der Waals surface area contributed by atoms with E-state index in [1.54, 1.807) is 10.7 Å². The largest absolute Gasteiger partial charge is 0.337 e. The Kier molecular flexibility index (Phi) is 5.32. The zero-order chi connectivity index (χ0) is 23.9. The van der Waals surface area contributed by atoms with E-state index in [0.717, 1.165) is 35.4 Å². The van der Waals surface area contributed by atoms with Crippen LogP contribution in [0.1, 0.15) is 34.6 Å². The Morgan fingerprint density at radius 2 is 1.63 bits per heavy atom. The second-order valence-corrected chi connectivity index (χ2v) is 9.34. The van der Waals surface area contributed by atoms with Crippen molar-refractivity contribution in [2.75, 3.05) is 24.5 Å². The highest BCUT2D eigenvalue weighted by Crippen LogP contribution is 2.31. The van der Waals surface area contributed by atoms with Gasteiger partial charge in [-0.25, -0.2) is 9.67 Å². The topological polar surface area (TPSA) is 71.3 Å². The van der Waals surface area contributed by atoms with Gasteiger partial charge in [-0.3, -0.25) is 9.59 Å². The van der Waals surface area contributed by atoms with Crippen LogP contribution in [0, 0.1) is 12.8 Å². The second-order valence-electron chi connectivity index (χ2n) is 9.34. The van der Waals surface area contributed by atoms with Gasteiger partial charge in [-0.2, -0.15) is 5.10 Å². The molecule has 0 N–H and O–H groups in total. The molecule has 4 heterocycles. The summed E-state index contributed by atoms with van der Waals surface area (Å²) in [5, 5.41) is 5.57. The summed E-state index contributed by atoms with van der Waals surface area (Å²) in [5.41, 5.74) is 5.15. The summed E-state index contributed by atoms with van der Waals surface area (Å²) in [6, 6.07) is 21.7. The number of nitrogens with zero attached hydrogens (tertiary/aromatic N) is 5. The molecule has 4 aromatic rings. The van der Waals surface area contributed by atoms with Gasteiger partial charge in [0.15, 0.2) is 5.65 Å². The van der Waals surface area contributed by atoms with Gasteiger partial charge in [-0.15, -0.1) is 0 Å². The Labute approximate surface area is 204 Å². The summed E-state index contributed by atoms with van der Waals surface area (Å²) in [4.78, 5) is 35.0. The van der Waals surface area contributed by atoms with E-state index >= 15 is 0 Å². The highest BCUT2D eigenvalue weighted by Gasteiger charge is 2.33. The van der Waals surface area contributed by atoms with Crippen LogP contribution in [0.5, 0.6) is 0 Å². The number of para-hydroxylation sites is 2. The van der Waals surface area contributed by atoms with Crippen molar-refractivity contribution in [1.29, 1.82) is 0 Å². The number of amides is 2. The zero-order valence-electron chi connectivity index (χ0n) is 19.7. The molecule has 2 amide bonds. The molecule has 0 saturated carbocycles. The van der Waals surface area contributed by atoms with Crippen molar-refractivity contribution in [3.8, 4) is 5.69 Å². The standard InChI is InChI=1S/C28H27N5O2/c1-19-23-11-12-24(29-26(23)33(30-19)22-8-3-2-4-9-22)28(35)31-16-13-21(14-17-31)27(34)32-18-15-20-7-5-6-10-25(20)32/h2-12,21H,13-18H2,1H3. The Bertz CT molecular complexity index is 1420. The average molecular weight is 466 g/mol. The van der Waals surface area contributed by atoms with Gasteiger partial charge in [0.25, 0.3) is 5.91 Å². The number of aromatic nitrogens is 3. The number of anilines is 1. The lowest BCUT2D eigenvalue weighted by atomic mass is 9.95. The van der Waals surface area contributed by atoms with Crippen LogP contribution in [0.15, 0.2) is 66.7 Å². The summed E-state index contributed by atoms with van der Waals surface area (Å²) >= 11 is 0. The molecule has 7 heteroatoms. The van der Waals surface area contributed by atoms with E-state index in [4.69, 9.17) is 4.98 Å². The molecule has 2 aliphatic rings. The monoisotopic (exact) mass is 465 g/mol. The minimum absolute atomic E-state index is 0.0530. The molecule has 7 nitrogen and oxygen atoms in total. The number of likely N-dealkylation sites (tertiary alicyclic amines) is 1. The normalized spacial score (nSPS) is 16.0. The van der Waals surface area contributed by atoms with Crippen molar-refractivity contribution < 1.29 is 9.59 Å². The van der Waals surface area contributed by atoms with Crippen LogP contribution in [0.4, 0.5) is 5.69 Å². The van der Waals surface area contributed by atoms with Crippen molar-refractivity contribution in [2.45, 2.75) is 26.2 Å². The lowest BCUT2D eigenvalue weighted by Crippen LogP contribution is -2.44. The summed E-state index contributed by atoms with van der Waals surface area (Å²) in [7, 11) is 0. The molecule has 2 aromatic heterocycles.